The standard InChI is InChI=1S/C20H14N4O2S.ClH/c21-9-14-10-22-4-3-17(14)19-8-13-7-16(1-2-18(13)26-19)25-11-15-12-27-20-23-5-6-24(15)20;/h1-4,7-8,10,12H,5-6,11H2;1H. The monoisotopic (exact) mass is 410 g/mol. The number of nitriles is 1. The van der Waals surface area contributed by atoms with E-state index >= 15 is 0 Å². The molecule has 0 atom stereocenters. The van der Waals surface area contributed by atoms with Gasteiger partial charge in [0.15, 0.2) is 5.17 Å². The molecule has 0 fully saturated rings. The molecule has 0 bridgehead atoms. The fraction of sp³-hybridized carbons (Fsp3) is 0.150. The second-order valence-electron chi connectivity index (χ2n) is 6.17. The SMILES string of the molecule is Cl.N#Cc1cnccc1-c1cc2cc(OCC3=CSC4=NCCN34)ccc2o1. The third-order valence-electron chi connectivity index (χ3n) is 4.53. The van der Waals surface area contributed by atoms with Crippen LogP contribution in [0.3, 0.4) is 0 Å². The zero-order valence-corrected chi connectivity index (χ0v) is 16.3. The topological polar surface area (TPSA) is 74.7 Å². The zero-order valence-electron chi connectivity index (χ0n) is 14.7. The van der Waals surface area contributed by atoms with Gasteiger partial charge < -0.3 is 14.1 Å². The zero-order chi connectivity index (χ0) is 18.2. The number of furan rings is 1. The van der Waals surface area contributed by atoms with Crippen molar-refractivity contribution in [2.24, 2.45) is 4.99 Å². The van der Waals surface area contributed by atoms with Crippen molar-refractivity contribution in [3.05, 3.63) is 59.4 Å². The Morgan fingerprint density at radius 2 is 2.21 bits per heavy atom. The highest BCUT2D eigenvalue weighted by Gasteiger charge is 2.26. The summed E-state index contributed by atoms with van der Waals surface area (Å²) in [6, 6.07) is 11.6. The first-order valence-electron chi connectivity index (χ1n) is 8.50. The summed E-state index contributed by atoms with van der Waals surface area (Å²) in [5.41, 5.74) is 3.12. The number of nitrogens with zero attached hydrogens (tertiary/aromatic N) is 4. The molecule has 0 amide bonds. The van der Waals surface area contributed by atoms with Crippen LogP contribution in [0.4, 0.5) is 0 Å². The van der Waals surface area contributed by atoms with Crippen LogP contribution in [0.25, 0.3) is 22.3 Å². The molecule has 0 radical (unpaired) electrons. The first-order chi connectivity index (χ1) is 13.3. The smallest absolute Gasteiger partial charge is 0.168 e. The van der Waals surface area contributed by atoms with Gasteiger partial charge in [-0.05, 0) is 30.3 Å². The van der Waals surface area contributed by atoms with Crippen LogP contribution in [0.1, 0.15) is 5.56 Å². The summed E-state index contributed by atoms with van der Waals surface area (Å²) in [5, 5.41) is 13.4. The highest BCUT2D eigenvalue weighted by atomic mass is 35.5. The molecule has 0 saturated heterocycles. The van der Waals surface area contributed by atoms with Crippen LogP contribution in [-0.4, -0.2) is 34.7 Å². The van der Waals surface area contributed by atoms with Gasteiger partial charge in [0.05, 0.1) is 17.8 Å². The molecule has 140 valence electrons. The Morgan fingerprint density at radius 3 is 3.11 bits per heavy atom. The molecule has 2 aromatic heterocycles. The van der Waals surface area contributed by atoms with E-state index in [1.54, 1.807) is 30.2 Å². The number of amidine groups is 1. The third-order valence-corrected chi connectivity index (χ3v) is 5.48. The highest BCUT2D eigenvalue weighted by molar-refractivity contribution is 8.16. The lowest BCUT2D eigenvalue weighted by molar-refractivity contribution is 0.322. The Labute approximate surface area is 171 Å². The van der Waals surface area contributed by atoms with Crippen LogP contribution in [0.15, 0.2) is 63.2 Å². The molecule has 4 heterocycles. The number of rotatable bonds is 4. The Bertz CT molecular complexity index is 1150. The van der Waals surface area contributed by atoms with Crippen molar-refractivity contribution in [2.45, 2.75) is 0 Å². The summed E-state index contributed by atoms with van der Waals surface area (Å²) in [6.07, 6.45) is 3.20. The van der Waals surface area contributed by atoms with E-state index in [-0.39, 0.29) is 12.4 Å². The van der Waals surface area contributed by atoms with Crippen molar-refractivity contribution in [3.63, 3.8) is 0 Å². The fourth-order valence-corrected chi connectivity index (χ4v) is 4.13. The van der Waals surface area contributed by atoms with Crippen LogP contribution in [0, 0.1) is 11.3 Å². The number of thioether (sulfide) groups is 1. The number of fused-ring (bicyclic) bond motifs is 2. The maximum absolute atomic E-state index is 9.27. The normalized spacial score (nSPS) is 14.9. The third kappa shape index (κ3) is 3.21. The summed E-state index contributed by atoms with van der Waals surface area (Å²) in [5.74, 6) is 1.43. The average Bonchev–Trinajstić information content (AvgIpc) is 3.41. The van der Waals surface area contributed by atoms with E-state index in [0.717, 1.165) is 46.2 Å². The van der Waals surface area contributed by atoms with Gasteiger partial charge in [-0.15, -0.1) is 12.4 Å². The lowest BCUT2D eigenvalue weighted by Gasteiger charge is -2.16. The predicted octanol–water partition coefficient (Wildman–Crippen LogP) is 4.43. The van der Waals surface area contributed by atoms with Crippen molar-refractivity contribution in [3.8, 4) is 23.1 Å². The molecule has 28 heavy (non-hydrogen) atoms. The quantitative estimate of drug-likeness (QED) is 0.633. The van der Waals surface area contributed by atoms with Gasteiger partial charge in [-0.3, -0.25) is 9.98 Å². The van der Waals surface area contributed by atoms with Gasteiger partial charge in [0.1, 0.15) is 29.8 Å². The molecule has 0 N–H and O–H groups in total. The Balaban J connectivity index is 0.00000192. The maximum atomic E-state index is 9.27. The van der Waals surface area contributed by atoms with E-state index in [9.17, 15) is 5.26 Å². The van der Waals surface area contributed by atoms with Crippen LogP contribution in [0.5, 0.6) is 5.75 Å². The molecule has 2 aliphatic rings. The van der Waals surface area contributed by atoms with Crippen LogP contribution < -0.4 is 4.74 Å². The average molecular weight is 411 g/mol. The summed E-state index contributed by atoms with van der Waals surface area (Å²) >= 11 is 1.65. The number of hydrogen-bond acceptors (Lipinski definition) is 7. The molecular weight excluding hydrogens is 396 g/mol. The largest absolute Gasteiger partial charge is 0.487 e. The number of pyridine rings is 1. The van der Waals surface area contributed by atoms with Crippen LogP contribution in [-0.2, 0) is 0 Å². The molecule has 0 spiro atoms. The molecule has 6 nitrogen and oxygen atoms in total. The van der Waals surface area contributed by atoms with Crippen molar-refractivity contribution < 1.29 is 9.15 Å². The number of aromatic nitrogens is 1. The van der Waals surface area contributed by atoms with Gasteiger partial charge in [-0.1, -0.05) is 11.8 Å². The number of ether oxygens (including phenoxy) is 1. The van der Waals surface area contributed by atoms with E-state index in [4.69, 9.17) is 9.15 Å². The van der Waals surface area contributed by atoms with Crippen molar-refractivity contribution in [1.82, 2.24) is 9.88 Å². The summed E-state index contributed by atoms with van der Waals surface area (Å²) in [6.45, 7) is 2.28. The van der Waals surface area contributed by atoms with Gasteiger partial charge in [0, 0.05) is 35.3 Å². The summed E-state index contributed by atoms with van der Waals surface area (Å²) in [7, 11) is 0. The molecule has 3 aromatic rings. The van der Waals surface area contributed by atoms with E-state index < -0.39 is 0 Å². The number of halogens is 1. The minimum atomic E-state index is 0. The van der Waals surface area contributed by atoms with Gasteiger partial charge in [0.2, 0.25) is 0 Å². The molecule has 2 aliphatic heterocycles. The molecular formula is C20H15ClN4O2S. The Hall–Kier alpha value is -2.95. The molecule has 1 aromatic carbocycles. The molecule has 0 saturated carbocycles. The van der Waals surface area contributed by atoms with E-state index in [0.29, 0.717) is 17.9 Å². The van der Waals surface area contributed by atoms with E-state index in [1.807, 2.05) is 24.3 Å². The molecule has 0 unspecified atom stereocenters. The molecule has 0 aliphatic carbocycles. The number of hydrogen-bond donors (Lipinski definition) is 0. The fourth-order valence-electron chi connectivity index (χ4n) is 3.19. The van der Waals surface area contributed by atoms with Crippen molar-refractivity contribution >= 4 is 40.3 Å². The van der Waals surface area contributed by atoms with Crippen molar-refractivity contribution in [1.29, 1.82) is 5.26 Å². The lowest BCUT2D eigenvalue weighted by atomic mass is 10.1. The van der Waals surface area contributed by atoms with Gasteiger partial charge in [0.25, 0.3) is 0 Å². The maximum Gasteiger partial charge on any atom is 0.168 e. The van der Waals surface area contributed by atoms with Crippen molar-refractivity contribution in [2.75, 3.05) is 19.7 Å². The Kier molecular flexibility index (Phi) is 4.99. The first-order valence-corrected chi connectivity index (χ1v) is 9.38. The number of aliphatic imine (C=N–C) groups is 1. The van der Waals surface area contributed by atoms with E-state index in [2.05, 4.69) is 26.4 Å². The Morgan fingerprint density at radius 1 is 1.29 bits per heavy atom. The van der Waals surface area contributed by atoms with Gasteiger partial charge >= 0.3 is 0 Å². The second-order valence-corrected chi connectivity index (χ2v) is 7.01. The predicted molar refractivity (Wildman–Crippen MR) is 112 cm³/mol. The second kappa shape index (κ2) is 7.58. The lowest BCUT2D eigenvalue weighted by Crippen LogP contribution is -2.24. The molecule has 8 heteroatoms. The van der Waals surface area contributed by atoms with Gasteiger partial charge in [-0.2, -0.15) is 5.26 Å². The minimum absolute atomic E-state index is 0. The van der Waals surface area contributed by atoms with Crippen LogP contribution >= 0.6 is 24.2 Å². The van der Waals surface area contributed by atoms with Crippen LogP contribution in [0.2, 0.25) is 0 Å². The highest BCUT2D eigenvalue weighted by Crippen LogP contribution is 2.33. The van der Waals surface area contributed by atoms with Gasteiger partial charge in [-0.25, -0.2) is 0 Å². The van der Waals surface area contributed by atoms with E-state index in [1.165, 1.54) is 0 Å². The minimum Gasteiger partial charge on any atom is -0.487 e. The molecule has 5 rings (SSSR count). The number of benzene rings is 1. The summed E-state index contributed by atoms with van der Waals surface area (Å²) in [4.78, 5) is 10.6. The first kappa shape index (κ1) is 18.4. The summed E-state index contributed by atoms with van der Waals surface area (Å²) < 4.78 is 11.9.